The van der Waals surface area contributed by atoms with Crippen molar-refractivity contribution in [3.05, 3.63) is 94.1 Å². The van der Waals surface area contributed by atoms with Gasteiger partial charge < -0.3 is 9.72 Å². The number of H-pyrrole nitrogens is 1. The second kappa shape index (κ2) is 13.0. The minimum atomic E-state index is -0.850. The van der Waals surface area contributed by atoms with E-state index < -0.39 is 6.04 Å². The minimum absolute atomic E-state index is 0.0393. The number of carbonyl (C=O) groups excluding carboxylic acids is 2. The Bertz CT molecular complexity index is 1400. The molecular formula is C31H32Cl2N2O3. The number of ketones is 1. The molecule has 198 valence electrons. The van der Waals surface area contributed by atoms with Gasteiger partial charge in [0.1, 0.15) is 11.8 Å². The van der Waals surface area contributed by atoms with Gasteiger partial charge >= 0.3 is 0 Å². The summed E-state index contributed by atoms with van der Waals surface area (Å²) in [7, 11) is 1.59. The van der Waals surface area contributed by atoms with Crippen molar-refractivity contribution in [2.45, 2.75) is 51.5 Å². The van der Waals surface area contributed by atoms with E-state index in [1.54, 1.807) is 54.5 Å². The van der Waals surface area contributed by atoms with Crippen molar-refractivity contribution >= 4 is 51.5 Å². The van der Waals surface area contributed by atoms with Gasteiger partial charge in [0.15, 0.2) is 5.78 Å². The summed E-state index contributed by atoms with van der Waals surface area (Å²) in [6, 6.07) is 19.3. The predicted molar refractivity (Wildman–Crippen MR) is 155 cm³/mol. The molecule has 0 saturated heterocycles. The Labute approximate surface area is 233 Å². The molecule has 0 saturated carbocycles. The smallest absolute Gasteiger partial charge is 0.232 e. The fourth-order valence-electron chi connectivity index (χ4n) is 4.73. The van der Waals surface area contributed by atoms with E-state index >= 15 is 0 Å². The average molecular weight is 552 g/mol. The third kappa shape index (κ3) is 6.40. The number of halogens is 2. The Balaban J connectivity index is 1.77. The van der Waals surface area contributed by atoms with Crippen molar-refractivity contribution in [1.82, 2.24) is 4.98 Å². The van der Waals surface area contributed by atoms with E-state index in [0.29, 0.717) is 33.5 Å². The Morgan fingerprint density at radius 3 is 2.42 bits per heavy atom. The number of para-hydroxylation sites is 1. The number of fused-ring (bicyclic) bond motifs is 1. The van der Waals surface area contributed by atoms with Crippen LogP contribution in [-0.2, 0) is 16.0 Å². The van der Waals surface area contributed by atoms with E-state index in [9.17, 15) is 9.59 Å². The first-order valence-corrected chi connectivity index (χ1v) is 13.7. The molecule has 0 spiro atoms. The van der Waals surface area contributed by atoms with Crippen LogP contribution in [0.1, 0.15) is 56.2 Å². The largest absolute Gasteiger partial charge is 0.497 e. The van der Waals surface area contributed by atoms with Crippen molar-refractivity contribution < 1.29 is 14.3 Å². The van der Waals surface area contributed by atoms with Gasteiger partial charge in [0.25, 0.3) is 0 Å². The molecule has 1 atom stereocenters. The third-order valence-corrected chi connectivity index (χ3v) is 7.47. The lowest BCUT2D eigenvalue weighted by Gasteiger charge is -2.32. The molecule has 0 bridgehead atoms. The SMILES string of the molecule is CCCCCCC(=O)C(c1ccc(Cl)c(Cl)c1)N(C(=O)Cc1c[nH]c2ccccc12)c1ccc(OC)cc1. The highest BCUT2D eigenvalue weighted by atomic mass is 35.5. The molecule has 0 fully saturated rings. The summed E-state index contributed by atoms with van der Waals surface area (Å²) in [5.74, 6) is 0.426. The van der Waals surface area contributed by atoms with E-state index in [0.717, 1.165) is 42.1 Å². The van der Waals surface area contributed by atoms with E-state index in [1.165, 1.54) is 0 Å². The second-order valence-electron chi connectivity index (χ2n) is 9.35. The highest BCUT2D eigenvalue weighted by Gasteiger charge is 2.33. The zero-order valence-electron chi connectivity index (χ0n) is 21.7. The monoisotopic (exact) mass is 550 g/mol. The summed E-state index contributed by atoms with van der Waals surface area (Å²) >= 11 is 12.6. The Morgan fingerprint density at radius 2 is 1.71 bits per heavy atom. The average Bonchev–Trinajstić information content (AvgIpc) is 3.34. The number of aromatic nitrogens is 1. The number of hydrogen-bond acceptors (Lipinski definition) is 3. The van der Waals surface area contributed by atoms with Crippen LogP contribution in [-0.4, -0.2) is 23.8 Å². The zero-order valence-corrected chi connectivity index (χ0v) is 23.2. The lowest BCUT2D eigenvalue weighted by atomic mass is 9.95. The number of aromatic amines is 1. The molecule has 0 aliphatic rings. The van der Waals surface area contributed by atoms with Crippen LogP contribution in [0.2, 0.25) is 10.0 Å². The summed E-state index contributed by atoms with van der Waals surface area (Å²) in [6.07, 6.45) is 6.20. The van der Waals surface area contributed by atoms with Crippen LogP contribution in [0.15, 0.2) is 72.9 Å². The Kier molecular flexibility index (Phi) is 9.48. The summed E-state index contributed by atoms with van der Waals surface area (Å²) in [5, 5.41) is 1.71. The molecule has 5 nitrogen and oxygen atoms in total. The quantitative estimate of drug-likeness (QED) is 0.180. The fourth-order valence-corrected chi connectivity index (χ4v) is 5.04. The number of unbranched alkanes of at least 4 members (excludes halogenated alkanes) is 3. The number of benzene rings is 3. The highest BCUT2D eigenvalue weighted by molar-refractivity contribution is 6.42. The van der Waals surface area contributed by atoms with Crippen LogP contribution in [0.4, 0.5) is 5.69 Å². The lowest BCUT2D eigenvalue weighted by Crippen LogP contribution is -2.40. The molecule has 38 heavy (non-hydrogen) atoms. The number of amides is 1. The number of methoxy groups -OCH3 is 1. The number of nitrogens with zero attached hydrogens (tertiary/aromatic N) is 1. The van der Waals surface area contributed by atoms with Gasteiger partial charge in [-0.3, -0.25) is 14.5 Å². The van der Waals surface area contributed by atoms with Crippen LogP contribution < -0.4 is 9.64 Å². The number of hydrogen-bond donors (Lipinski definition) is 1. The highest BCUT2D eigenvalue weighted by Crippen LogP contribution is 2.35. The van der Waals surface area contributed by atoms with Gasteiger partial charge in [-0.05, 0) is 60.0 Å². The standard InChI is InChI=1S/C31H32Cl2N2O3/c1-3-4-5-6-11-29(36)31(21-12-17-26(32)27(33)18-21)35(23-13-15-24(38-2)16-14-23)30(37)19-22-20-34-28-10-8-7-9-25(22)28/h7-10,12-18,20,31,34H,3-6,11,19H2,1-2H3. The number of nitrogens with one attached hydrogen (secondary N) is 1. The minimum Gasteiger partial charge on any atom is -0.497 e. The molecule has 1 N–H and O–H groups in total. The fraction of sp³-hybridized carbons (Fsp3) is 0.290. The molecule has 3 aromatic carbocycles. The molecular weight excluding hydrogens is 519 g/mol. The second-order valence-corrected chi connectivity index (χ2v) is 10.2. The van der Waals surface area contributed by atoms with Gasteiger partial charge in [0.05, 0.1) is 23.6 Å². The molecule has 0 aliphatic heterocycles. The molecule has 4 aromatic rings. The normalized spacial score (nSPS) is 11.9. The van der Waals surface area contributed by atoms with E-state index in [2.05, 4.69) is 11.9 Å². The molecule has 0 aliphatic carbocycles. The number of rotatable bonds is 12. The maximum absolute atomic E-state index is 14.1. The topological polar surface area (TPSA) is 62.4 Å². The van der Waals surface area contributed by atoms with Crippen LogP contribution in [0.3, 0.4) is 0 Å². The molecule has 7 heteroatoms. The van der Waals surface area contributed by atoms with E-state index in [1.807, 2.05) is 30.5 Å². The Hall–Kier alpha value is -3.28. The molecule has 1 heterocycles. The van der Waals surface area contributed by atoms with E-state index in [-0.39, 0.29) is 18.1 Å². The van der Waals surface area contributed by atoms with Crippen LogP contribution in [0, 0.1) is 0 Å². The van der Waals surface area contributed by atoms with Crippen LogP contribution in [0.25, 0.3) is 10.9 Å². The summed E-state index contributed by atoms with van der Waals surface area (Å²) < 4.78 is 5.33. The van der Waals surface area contributed by atoms with Crippen LogP contribution in [0.5, 0.6) is 5.75 Å². The molecule has 1 amide bonds. The van der Waals surface area contributed by atoms with Gasteiger partial charge in [-0.2, -0.15) is 0 Å². The summed E-state index contributed by atoms with van der Waals surface area (Å²) in [4.78, 5) is 32.8. The summed E-state index contributed by atoms with van der Waals surface area (Å²) in [5.41, 5.74) is 3.06. The first kappa shape index (κ1) is 27.7. The Morgan fingerprint density at radius 1 is 0.947 bits per heavy atom. The zero-order chi connectivity index (χ0) is 27.1. The molecule has 1 aromatic heterocycles. The van der Waals surface area contributed by atoms with Gasteiger partial charge in [-0.1, -0.05) is 73.7 Å². The first-order valence-electron chi connectivity index (χ1n) is 12.9. The van der Waals surface area contributed by atoms with Gasteiger partial charge in [-0.15, -0.1) is 0 Å². The first-order chi connectivity index (χ1) is 18.4. The number of Topliss-reactive ketones (excluding diaryl/α,β-unsaturated/α-hetero) is 1. The predicted octanol–water partition coefficient (Wildman–Crippen LogP) is 8.34. The van der Waals surface area contributed by atoms with Crippen molar-refractivity contribution in [2.24, 2.45) is 0 Å². The van der Waals surface area contributed by atoms with Crippen molar-refractivity contribution in [2.75, 3.05) is 12.0 Å². The van der Waals surface area contributed by atoms with Crippen molar-refractivity contribution in [1.29, 1.82) is 0 Å². The van der Waals surface area contributed by atoms with Gasteiger partial charge in [0, 0.05) is 29.2 Å². The molecule has 0 radical (unpaired) electrons. The number of carbonyl (C=O) groups is 2. The third-order valence-electron chi connectivity index (χ3n) is 6.74. The maximum Gasteiger partial charge on any atom is 0.232 e. The lowest BCUT2D eigenvalue weighted by molar-refractivity contribution is -0.125. The van der Waals surface area contributed by atoms with Crippen LogP contribution >= 0.6 is 23.2 Å². The van der Waals surface area contributed by atoms with E-state index in [4.69, 9.17) is 27.9 Å². The molecule has 1 unspecified atom stereocenters. The maximum atomic E-state index is 14.1. The van der Waals surface area contributed by atoms with Gasteiger partial charge in [-0.25, -0.2) is 0 Å². The molecule has 4 rings (SSSR count). The van der Waals surface area contributed by atoms with Crippen molar-refractivity contribution in [3.8, 4) is 5.75 Å². The van der Waals surface area contributed by atoms with Gasteiger partial charge in [0.2, 0.25) is 5.91 Å². The number of ether oxygens (including phenoxy) is 1. The number of anilines is 1. The summed E-state index contributed by atoms with van der Waals surface area (Å²) in [6.45, 7) is 2.13. The van der Waals surface area contributed by atoms with Crippen molar-refractivity contribution in [3.63, 3.8) is 0 Å².